The van der Waals surface area contributed by atoms with Gasteiger partial charge in [-0.15, -0.1) is 0 Å². The zero-order valence-corrected chi connectivity index (χ0v) is 27.7. The molecule has 4 aromatic rings. The zero-order chi connectivity index (χ0) is 32.4. The maximum absolute atomic E-state index is 12.9. The first-order chi connectivity index (χ1) is 21.8. The first-order valence-electron chi connectivity index (χ1n) is 16.5. The van der Waals surface area contributed by atoms with Gasteiger partial charge in [-0.25, -0.2) is 19.6 Å². The molecule has 2 N–H and O–H groups in total. The van der Waals surface area contributed by atoms with Gasteiger partial charge in [-0.3, -0.25) is 9.80 Å². The Morgan fingerprint density at radius 2 is 1.35 bits per heavy atom. The lowest BCUT2D eigenvalue weighted by Crippen LogP contribution is -2.36. The Labute approximate surface area is 269 Å². The number of benzene rings is 2. The molecule has 0 bridgehead atoms. The van der Waals surface area contributed by atoms with Gasteiger partial charge in [0.25, 0.3) is 0 Å². The number of nitrogens with one attached hydrogen (secondary N) is 2. The molecular weight excluding hydrogens is 580 g/mol. The molecule has 3 aliphatic rings. The lowest BCUT2D eigenvalue weighted by molar-refractivity contribution is 0.0208. The lowest BCUT2D eigenvalue weighted by Gasteiger charge is -2.27. The number of H-pyrrole nitrogens is 2. The van der Waals surface area contributed by atoms with Gasteiger partial charge in [0, 0.05) is 18.7 Å². The number of fused-ring (bicyclic) bond motifs is 4. The number of ether oxygens (including phenoxy) is 2. The van der Waals surface area contributed by atoms with E-state index in [9.17, 15) is 9.59 Å². The predicted molar refractivity (Wildman–Crippen MR) is 176 cm³/mol. The molecule has 7 rings (SSSR count). The van der Waals surface area contributed by atoms with Gasteiger partial charge in [-0.05, 0) is 109 Å². The zero-order valence-electron chi connectivity index (χ0n) is 27.7. The van der Waals surface area contributed by atoms with Crippen LogP contribution in [0.3, 0.4) is 0 Å². The molecule has 2 atom stereocenters. The highest BCUT2D eigenvalue weighted by Crippen LogP contribution is 2.39. The van der Waals surface area contributed by atoms with E-state index in [-0.39, 0.29) is 24.3 Å². The Morgan fingerprint density at radius 1 is 0.761 bits per heavy atom. The van der Waals surface area contributed by atoms with Crippen LogP contribution in [0.2, 0.25) is 0 Å². The maximum Gasteiger partial charge on any atom is 0.410 e. The van der Waals surface area contributed by atoms with Crippen LogP contribution >= 0.6 is 0 Å². The van der Waals surface area contributed by atoms with Crippen LogP contribution in [-0.4, -0.2) is 66.2 Å². The van der Waals surface area contributed by atoms with Gasteiger partial charge in [-0.2, -0.15) is 0 Å². The van der Waals surface area contributed by atoms with E-state index in [0.717, 1.165) is 89.3 Å². The summed E-state index contributed by atoms with van der Waals surface area (Å²) in [5, 5.41) is 0. The van der Waals surface area contributed by atoms with Gasteiger partial charge >= 0.3 is 12.2 Å². The SMILES string of the molecule is CC(C)(C)OC(=O)N1CCCC1c1nc2c([nH]1)-c1ccc(-c3ccc4[nH]c(C5CCCN5C(=O)OC(C)(C)C)nc4c3)cc1CC2. The Balaban J connectivity index is 1.12. The first kappa shape index (κ1) is 30.3. The van der Waals surface area contributed by atoms with E-state index in [1.165, 1.54) is 5.56 Å². The van der Waals surface area contributed by atoms with Crippen molar-refractivity contribution >= 4 is 23.2 Å². The molecule has 0 saturated carbocycles. The number of aromatic nitrogens is 4. The van der Waals surface area contributed by atoms with Gasteiger partial charge in [0.2, 0.25) is 0 Å². The third-order valence-corrected chi connectivity index (χ3v) is 9.03. The number of likely N-dealkylation sites (tertiary alicyclic amines) is 2. The monoisotopic (exact) mass is 624 g/mol. The van der Waals surface area contributed by atoms with Crippen LogP contribution in [0.15, 0.2) is 36.4 Å². The van der Waals surface area contributed by atoms with Crippen LogP contribution in [0, 0.1) is 0 Å². The fourth-order valence-electron chi connectivity index (χ4n) is 7.01. The molecule has 46 heavy (non-hydrogen) atoms. The fourth-order valence-corrected chi connectivity index (χ4v) is 7.01. The van der Waals surface area contributed by atoms with Crippen LogP contribution in [-0.2, 0) is 22.3 Å². The first-order valence-corrected chi connectivity index (χ1v) is 16.5. The number of carbonyl (C=O) groups is 2. The van der Waals surface area contributed by atoms with Gasteiger partial charge < -0.3 is 19.4 Å². The van der Waals surface area contributed by atoms with E-state index < -0.39 is 11.2 Å². The van der Waals surface area contributed by atoms with Gasteiger partial charge in [0.05, 0.1) is 34.5 Å². The van der Waals surface area contributed by atoms with Crippen molar-refractivity contribution in [3.8, 4) is 22.4 Å². The Kier molecular flexibility index (Phi) is 7.36. The fraction of sp³-hybridized carbons (Fsp3) is 0.500. The van der Waals surface area contributed by atoms with Gasteiger partial charge in [0.1, 0.15) is 22.9 Å². The quantitative estimate of drug-likeness (QED) is 0.240. The largest absolute Gasteiger partial charge is 0.444 e. The second-order valence-electron chi connectivity index (χ2n) is 14.8. The molecule has 2 unspecified atom stereocenters. The molecule has 2 saturated heterocycles. The third kappa shape index (κ3) is 5.85. The highest BCUT2D eigenvalue weighted by Gasteiger charge is 2.37. The van der Waals surface area contributed by atoms with Crippen LogP contribution in [0.5, 0.6) is 0 Å². The second kappa shape index (κ2) is 11.2. The molecule has 2 aromatic carbocycles. The summed E-state index contributed by atoms with van der Waals surface area (Å²) >= 11 is 0. The number of nitrogens with zero attached hydrogens (tertiary/aromatic N) is 4. The minimum atomic E-state index is -0.540. The summed E-state index contributed by atoms with van der Waals surface area (Å²) in [6, 6.07) is 12.7. The van der Waals surface area contributed by atoms with E-state index in [0.29, 0.717) is 13.1 Å². The van der Waals surface area contributed by atoms with Crippen LogP contribution in [0.4, 0.5) is 9.59 Å². The van der Waals surface area contributed by atoms with Crippen molar-refractivity contribution in [2.75, 3.05) is 13.1 Å². The number of aromatic amines is 2. The van der Waals surface area contributed by atoms with E-state index >= 15 is 0 Å². The topological polar surface area (TPSA) is 116 Å². The van der Waals surface area contributed by atoms with Crippen molar-refractivity contribution in [2.45, 2.75) is 103 Å². The average molecular weight is 625 g/mol. The number of hydrogen-bond donors (Lipinski definition) is 2. The summed E-state index contributed by atoms with van der Waals surface area (Å²) < 4.78 is 11.4. The molecule has 0 radical (unpaired) electrons. The molecule has 242 valence electrons. The summed E-state index contributed by atoms with van der Waals surface area (Å²) in [6.45, 7) is 12.7. The molecule has 2 amide bonds. The van der Waals surface area contributed by atoms with E-state index in [4.69, 9.17) is 19.4 Å². The summed E-state index contributed by atoms with van der Waals surface area (Å²) in [5.74, 6) is 1.65. The number of aryl methyl sites for hydroxylation is 2. The molecule has 0 spiro atoms. The third-order valence-electron chi connectivity index (χ3n) is 9.03. The minimum Gasteiger partial charge on any atom is -0.444 e. The normalized spacial score (nSPS) is 19.8. The Morgan fingerprint density at radius 3 is 1.98 bits per heavy atom. The highest BCUT2D eigenvalue weighted by molar-refractivity contribution is 5.83. The van der Waals surface area contributed by atoms with Crippen molar-refractivity contribution in [1.29, 1.82) is 0 Å². The van der Waals surface area contributed by atoms with Crippen molar-refractivity contribution in [2.24, 2.45) is 0 Å². The lowest BCUT2D eigenvalue weighted by atomic mass is 9.89. The van der Waals surface area contributed by atoms with Crippen molar-refractivity contribution < 1.29 is 19.1 Å². The standard InChI is InChI=1S/C36H44N6O4/c1-35(2,3)45-33(43)41-17-7-9-28(41)31-37-25-15-12-22(20-27(25)39-31)21-11-14-24-23(19-21)13-16-26-30(24)40-32(38-26)29-10-8-18-42(29)34(44)46-36(4,5)6/h11-12,14-15,19-20,28-29H,7-10,13,16-18H2,1-6H3,(H,37,39)(H,38,40). The number of rotatable bonds is 3. The number of amides is 2. The molecule has 1 aliphatic carbocycles. The molecule has 2 fully saturated rings. The number of imidazole rings is 2. The molecule has 10 nitrogen and oxygen atoms in total. The number of hydrogen-bond acceptors (Lipinski definition) is 6. The van der Waals surface area contributed by atoms with Crippen LogP contribution < -0.4 is 0 Å². The van der Waals surface area contributed by atoms with E-state index in [2.05, 4.69) is 46.4 Å². The number of carbonyl (C=O) groups excluding carboxylic acids is 2. The van der Waals surface area contributed by atoms with Crippen LogP contribution in [0.25, 0.3) is 33.4 Å². The van der Waals surface area contributed by atoms with Crippen molar-refractivity contribution in [3.05, 3.63) is 59.3 Å². The summed E-state index contributed by atoms with van der Waals surface area (Å²) in [7, 11) is 0. The summed E-state index contributed by atoms with van der Waals surface area (Å²) in [4.78, 5) is 46.4. The van der Waals surface area contributed by atoms with E-state index in [1.807, 2.05) is 46.4 Å². The van der Waals surface area contributed by atoms with Gasteiger partial charge in [0.15, 0.2) is 0 Å². The smallest absolute Gasteiger partial charge is 0.410 e. The molecule has 2 aromatic heterocycles. The minimum absolute atomic E-state index is 0.103. The molecule has 10 heteroatoms. The van der Waals surface area contributed by atoms with Crippen molar-refractivity contribution in [1.82, 2.24) is 29.7 Å². The van der Waals surface area contributed by atoms with Gasteiger partial charge in [-0.1, -0.05) is 24.3 Å². The predicted octanol–water partition coefficient (Wildman–Crippen LogP) is 7.86. The van der Waals surface area contributed by atoms with Crippen molar-refractivity contribution in [3.63, 3.8) is 0 Å². The molecular formula is C36H44N6O4. The average Bonchev–Trinajstić information content (AvgIpc) is 3.79. The van der Waals surface area contributed by atoms with Crippen LogP contribution in [0.1, 0.15) is 102 Å². The summed E-state index contributed by atoms with van der Waals surface area (Å²) in [6.07, 6.45) is 4.75. The second-order valence-corrected chi connectivity index (χ2v) is 14.8. The van der Waals surface area contributed by atoms with E-state index in [1.54, 1.807) is 4.90 Å². The molecule has 2 aliphatic heterocycles. The maximum atomic E-state index is 12.9. The Bertz CT molecular complexity index is 1810. The summed E-state index contributed by atoms with van der Waals surface area (Å²) in [5.41, 5.74) is 7.54. The highest BCUT2D eigenvalue weighted by atomic mass is 16.6. The Hall–Kier alpha value is -4.34. The molecule has 4 heterocycles.